The summed E-state index contributed by atoms with van der Waals surface area (Å²) in [5, 5.41) is 7.39. The fraction of sp³-hybridized carbons (Fsp3) is 0.476. The lowest BCUT2D eigenvalue weighted by Crippen LogP contribution is -2.44. The van der Waals surface area contributed by atoms with Crippen LogP contribution in [0.4, 0.5) is 10.2 Å². The zero-order valence-corrected chi connectivity index (χ0v) is 16.6. The Labute approximate surface area is 169 Å². The first-order chi connectivity index (χ1) is 14.1. The number of nitrogens with zero attached hydrogens (tertiary/aromatic N) is 3. The molecule has 29 heavy (non-hydrogen) atoms. The van der Waals surface area contributed by atoms with E-state index < -0.39 is 5.82 Å². The minimum absolute atomic E-state index is 0.0321. The molecule has 1 unspecified atom stereocenters. The SMILES string of the molecule is CCOCCCNC(=O)C1CCCN(c2ccc(=O)n(-c3cccc(F)c3)n2)C1. The number of nitrogens with one attached hydrogen (secondary N) is 1. The van der Waals surface area contributed by atoms with Gasteiger partial charge in [0.1, 0.15) is 11.6 Å². The van der Waals surface area contributed by atoms with E-state index in [0.717, 1.165) is 25.8 Å². The largest absolute Gasteiger partial charge is 0.382 e. The van der Waals surface area contributed by atoms with Crippen LogP contribution in [0.25, 0.3) is 5.69 Å². The molecule has 156 valence electrons. The maximum Gasteiger partial charge on any atom is 0.271 e. The molecule has 2 aromatic rings. The van der Waals surface area contributed by atoms with Gasteiger partial charge in [0.25, 0.3) is 5.56 Å². The summed E-state index contributed by atoms with van der Waals surface area (Å²) in [5.41, 5.74) is 0.0393. The van der Waals surface area contributed by atoms with Crippen molar-refractivity contribution in [1.29, 1.82) is 0 Å². The van der Waals surface area contributed by atoms with Gasteiger partial charge < -0.3 is 15.0 Å². The molecule has 0 bridgehead atoms. The van der Waals surface area contributed by atoms with Gasteiger partial charge in [-0.15, -0.1) is 5.10 Å². The van der Waals surface area contributed by atoms with Crippen molar-refractivity contribution in [3.05, 3.63) is 52.6 Å². The molecule has 1 atom stereocenters. The first-order valence-electron chi connectivity index (χ1n) is 10.0. The first kappa shape index (κ1) is 21.0. The van der Waals surface area contributed by atoms with Crippen LogP contribution >= 0.6 is 0 Å². The average molecular weight is 402 g/mol. The Morgan fingerprint density at radius 1 is 1.34 bits per heavy atom. The Hall–Kier alpha value is -2.74. The van der Waals surface area contributed by atoms with Gasteiger partial charge in [0.05, 0.1) is 11.6 Å². The highest BCUT2D eigenvalue weighted by atomic mass is 19.1. The van der Waals surface area contributed by atoms with E-state index in [9.17, 15) is 14.0 Å². The first-order valence-corrected chi connectivity index (χ1v) is 10.0. The molecule has 1 aliphatic heterocycles. The molecule has 0 spiro atoms. The lowest BCUT2D eigenvalue weighted by atomic mass is 9.97. The monoisotopic (exact) mass is 402 g/mol. The zero-order chi connectivity index (χ0) is 20.6. The highest BCUT2D eigenvalue weighted by Crippen LogP contribution is 2.21. The quantitative estimate of drug-likeness (QED) is 0.685. The van der Waals surface area contributed by atoms with Gasteiger partial charge in [-0.25, -0.2) is 4.39 Å². The number of hydrogen-bond acceptors (Lipinski definition) is 5. The maximum absolute atomic E-state index is 13.5. The molecule has 1 aromatic heterocycles. The molecule has 1 amide bonds. The van der Waals surface area contributed by atoms with Crippen LogP contribution < -0.4 is 15.8 Å². The van der Waals surface area contributed by atoms with E-state index in [-0.39, 0.29) is 17.4 Å². The molecule has 0 aliphatic carbocycles. The van der Waals surface area contributed by atoms with E-state index in [1.54, 1.807) is 12.1 Å². The third-order valence-corrected chi connectivity index (χ3v) is 4.92. The summed E-state index contributed by atoms with van der Waals surface area (Å²) in [7, 11) is 0. The number of anilines is 1. The Kier molecular flexibility index (Phi) is 7.35. The van der Waals surface area contributed by atoms with Gasteiger partial charge in [0.15, 0.2) is 0 Å². The van der Waals surface area contributed by atoms with Gasteiger partial charge in [-0.05, 0) is 50.5 Å². The Morgan fingerprint density at radius 3 is 3.00 bits per heavy atom. The zero-order valence-electron chi connectivity index (χ0n) is 16.6. The van der Waals surface area contributed by atoms with Crippen LogP contribution in [0.2, 0.25) is 0 Å². The van der Waals surface area contributed by atoms with Gasteiger partial charge in [-0.3, -0.25) is 9.59 Å². The summed E-state index contributed by atoms with van der Waals surface area (Å²) >= 11 is 0. The smallest absolute Gasteiger partial charge is 0.271 e. The lowest BCUT2D eigenvalue weighted by molar-refractivity contribution is -0.125. The van der Waals surface area contributed by atoms with E-state index in [1.165, 1.54) is 28.9 Å². The summed E-state index contributed by atoms with van der Waals surface area (Å²) in [6.07, 6.45) is 2.46. The highest BCUT2D eigenvalue weighted by Gasteiger charge is 2.26. The third kappa shape index (κ3) is 5.63. The minimum atomic E-state index is -0.430. The standard InChI is InChI=1S/C21H27FN4O3/c1-2-29-13-5-11-23-21(28)16-6-4-12-25(15-16)19-9-10-20(27)26(24-19)18-8-3-7-17(22)14-18/h3,7-10,14,16H,2,4-6,11-13,15H2,1H3,(H,23,28). The topological polar surface area (TPSA) is 76.5 Å². The summed E-state index contributed by atoms with van der Waals surface area (Å²) in [6.45, 7) is 5.14. The lowest BCUT2D eigenvalue weighted by Gasteiger charge is -2.33. The normalized spacial score (nSPS) is 16.6. The molecule has 2 heterocycles. The predicted molar refractivity (Wildman–Crippen MR) is 109 cm³/mol. The molecule has 8 heteroatoms. The van der Waals surface area contributed by atoms with Crippen molar-refractivity contribution in [1.82, 2.24) is 15.1 Å². The van der Waals surface area contributed by atoms with Crippen LogP contribution in [0.5, 0.6) is 0 Å². The fourth-order valence-corrected chi connectivity index (χ4v) is 3.44. The molecular formula is C21H27FN4O3. The molecule has 0 radical (unpaired) electrons. The summed E-state index contributed by atoms with van der Waals surface area (Å²) in [6, 6.07) is 8.84. The van der Waals surface area contributed by atoms with Gasteiger partial charge in [-0.1, -0.05) is 6.07 Å². The number of halogens is 1. The number of piperidine rings is 1. The number of carbonyl (C=O) groups excluding carboxylic acids is 1. The van der Waals surface area contributed by atoms with Crippen LogP contribution in [-0.4, -0.2) is 48.5 Å². The molecule has 1 aliphatic rings. The number of carbonyl (C=O) groups is 1. The van der Waals surface area contributed by atoms with Crippen LogP contribution in [0.1, 0.15) is 26.2 Å². The molecular weight excluding hydrogens is 375 g/mol. The highest BCUT2D eigenvalue weighted by molar-refractivity contribution is 5.79. The van der Waals surface area contributed by atoms with Crippen molar-refractivity contribution in [3.63, 3.8) is 0 Å². The van der Waals surface area contributed by atoms with Crippen molar-refractivity contribution in [2.75, 3.05) is 37.7 Å². The van der Waals surface area contributed by atoms with Crippen LogP contribution in [0.3, 0.4) is 0 Å². The predicted octanol–water partition coefficient (Wildman–Crippen LogP) is 2.13. The van der Waals surface area contributed by atoms with E-state index in [1.807, 2.05) is 11.8 Å². The maximum atomic E-state index is 13.5. The summed E-state index contributed by atoms with van der Waals surface area (Å²) in [5.74, 6) is 0.0696. The molecule has 1 saturated heterocycles. The molecule has 1 aromatic carbocycles. The molecule has 1 N–H and O–H groups in total. The van der Waals surface area contributed by atoms with Crippen molar-refractivity contribution in [3.8, 4) is 5.69 Å². The second-order valence-corrected chi connectivity index (χ2v) is 7.05. The number of aromatic nitrogens is 2. The van der Waals surface area contributed by atoms with E-state index >= 15 is 0 Å². The number of hydrogen-bond donors (Lipinski definition) is 1. The Bertz CT molecular complexity index is 886. The van der Waals surface area contributed by atoms with Gasteiger partial charge in [0.2, 0.25) is 5.91 Å². The Morgan fingerprint density at radius 2 is 2.21 bits per heavy atom. The van der Waals surface area contributed by atoms with Crippen LogP contribution in [0.15, 0.2) is 41.2 Å². The molecule has 3 rings (SSSR count). The number of rotatable bonds is 8. The van der Waals surface area contributed by atoms with Crippen molar-refractivity contribution in [2.24, 2.45) is 5.92 Å². The second kappa shape index (κ2) is 10.2. The number of ether oxygens (including phenoxy) is 1. The fourth-order valence-electron chi connectivity index (χ4n) is 3.44. The van der Waals surface area contributed by atoms with E-state index in [2.05, 4.69) is 10.4 Å². The van der Waals surface area contributed by atoms with Crippen molar-refractivity contribution in [2.45, 2.75) is 26.2 Å². The average Bonchev–Trinajstić information content (AvgIpc) is 2.74. The summed E-state index contributed by atoms with van der Waals surface area (Å²) in [4.78, 5) is 26.7. The van der Waals surface area contributed by atoms with Crippen LogP contribution in [0, 0.1) is 11.7 Å². The number of benzene rings is 1. The van der Waals surface area contributed by atoms with Crippen molar-refractivity contribution < 1.29 is 13.9 Å². The number of amides is 1. The van der Waals surface area contributed by atoms with E-state index in [0.29, 0.717) is 37.8 Å². The van der Waals surface area contributed by atoms with Gasteiger partial charge >= 0.3 is 0 Å². The second-order valence-electron chi connectivity index (χ2n) is 7.05. The minimum Gasteiger partial charge on any atom is -0.382 e. The molecule has 0 saturated carbocycles. The van der Waals surface area contributed by atoms with E-state index in [4.69, 9.17) is 4.74 Å². The summed E-state index contributed by atoms with van der Waals surface area (Å²) < 4.78 is 20.0. The molecule has 1 fully saturated rings. The van der Waals surface area contributed by atoms with Crippen LogP contribution in [-0.2, 0) is 9.53 Å². The molecule has 7 nitrogen and oxygen atoms in total. The van der Waals surface area contributed by atoms with Gasteiger partial charge in [-0.2, -0.15) is 4.68 Å². The third-order valence-electron chi connectivity index (χ3n) is 4.92. The Balaban J connectivity index is 1.67. The van der Waals surface area contributed by atoms with Gasteiger partial charge in [0, 0.05) is 38.9 Å². The van der Waals surface area contributed by atoms with Crippen molar-refractivity contribution >= 4 is 11.7 Å².